The van der Waals surface area contributed by atoms with Gasteiger partial charge in [-0.2, -0.15) is 0 Å². The van der Waals surface area contributed by atoms with E-state index in [9.17, 15) is 14.4 Å². The Kier molecular flexibility index (Phi) is 5.88. The lowest BCUT2D eigenvalue weighted by molar-refractivity contribution is -0.167. The van der Waals surface area contributed by atoms with E-state index in [1.165, 1.54) is 20.3 Å². The number of allylic oxidation sites excluding steroid dienone is 3. The van der Waals surface area contributed by atoms with Crippen LogP contribution in [0.1, 0.15) is 77.8 Å². The highest BCUT2D eigenvalue weighted by Crippen LogP contribution is 2.62. The van der Waals surface area contributed by atoms with Crippen molar-refractivity contribution in [3.63, 3.8) is 0 Å². The van der Waals surface area contributed by atoms with Crippen molar-refractivity contribution in [2.75, 3.05) is 14.2 Å². The third-order valence-electron chi connectivity index (χ3n) is 8.83. The zero-order chi connectivity index (χ0) is 24.1. The van der Waals surface area contributed by atoms with E-state index in [1.807, 2.05) is 13.0 Å². The SMILES string of the molecule is C=C1CCC2[C@](C)(CCC[C@]2(C)C(=O)OC)[C@H]1Cc1c(C)ccc2c1C(=O)C(OC)=CC2=O. The van der Waals surface area contributed by atoms with Gasteiger partial charge in [0.1, 0.15) is 0 Å². The summed E-state index contributed by atoms with van der Waals surface area (Å²) in [5.74, 6) is -0.212. The Bertz CT molecular complexity index is 1080. The number of ketones is 2. The van der Waals surface area contributed by atoms with Crippen LogP contribution >= 0.6 is 0 Å². The van der Waals surface area contributed by atoms with Crippen LogP contribution in [0.3, 0.4) is 0 Å². The number of benzene rings is 1. The molecule has 3 aliphatic rings. The average Bonchev–Trinajstić information content (AvgIpc) is 2.78. The van der Waals surface area contributed by atoms with E-state index < -0.39 is 5.41 Å². The van der Waals surface area contributed by atoms with Gasteiger partial charge in [-0.3, -0.25) is 14.4 Å². The second kappa shape index (κ2) is 8.27. The van der Waals surface area contributed by atoms with Crippen LogP contribution in [0.5, 0.6) is 0 Å². The zero-order valence-electron chi connectivity index (χ0n) is 20.4. The minimum Gasteiger partial charge on any atom is -0.492 e. The first kappa shape index (κ1) is 23.5. The Morgan fingerprint density at radius 3 is 2.58 bits per heavy atom. The maximum atomic E-state index is 13.3. The summed E-state index contributed by atoms with van der Waals surface area (Å²) in [6.45, 7) is 10.8. The number of carbonyl (C=O) groups excluding carboxylic acids is 3. The maximum Gasteiger partial charge on any atom is 0.311 e. The molecule has 1 unspecified atom stereocenters. The highest BCUT2D eigenvalue weighted by Gasteiger charge is 2.58. The zero-order valence-corrected chi connectivity index (χ0v) is 20.4. The van der Waals surface area contributed by atoms with Crippen LogP contribution in [0.15, 0.2) is 36.1 Å². The fourth-order valence-corrected chi connectivity index (χ4v) is 7.02. The number of Topliss-reactive ketones (excluding diaryl/α,β-unsaturated/α-hetero) is 1. The summed E-state index contributed by atoms with van der Waals surface area (Å²) in [5.41, 5.74) is 3.27. The number of carbonyl (C=O) groups is 3. The number of methoxy groups -OCH3 is 2. The Morgan fingerprint density at radius 2 is 1.91 bits per heavy atom. The Labute approximate surface area is 196 Å². The first-order chi connectivity index (χ1) is 15.6. The van der Waals surface area contributed by atoms with E-state index >= 15 is 0 Å². The Hall–Kier alpha value is -2.69. The summed E-state index contributed by atoms with van der Waals surface area (Å²) in [7, 11) is 2.89. The van der Waals surface area contributed by atoms with Crippen molar-refractivity contribution < 1.29 is 23.9 Å². The molecule has 3 aliphatic carbocycles. The predicted octanol–water partition coefficient (Wildman–Crippen LogP) is 5.40. The van der Waals surface area contributed by atoms with Crippen molar-refractivity contribution in [3.05, 3.63) is 58.4 Å². The number of ether oxygens (including phenoxy) is 2. The van der Waals surface area contributed by atoms with Crippen LogP contribution in [0.25, 0.3) is 0 Å². The van der Waals surface area contributed by atoms with Crippen LogP contribution in [0, 0.1) is 29.6 Å². The van der Waals surface area contributed by atoms with Gasteiger partial charge in [0.2, 0.25) is 5.78 Å². The van der Waals surface area contributed by atoms with Crippen molar-refractivity contribution in [1.82, 2.24) is 0 Å². The van der Waals surface area contributed by atoms with Gasteiger partial charge in [-0.05, 0) is 74.3 Å². The quantitative estimate of drug-likeness (QED) is 0.454. The normalized spacial score (nSPS) is 31.4. The predicted molar refractivity (Wildman–Crippen MR) is 126 cm³/mol. The highest BCUT2D eigenvalue weighted by atomic mass is 16.5. The molecule has 0 N–H and O–H groups in total. The number of hydrogen-bond acceptors (Lipinski definition) is 5. The number of rotatable bonds is 4. The number of fused-ring (bicyclic) bond motifs is 2. The van der Waals surface area contributed by atoms with Crippen LogP contribution in [-0.2, 0) is 20.7 Å². The fourth-order valence-electron chi connectivity index (χ4n) is 7.02. The number of aryl methyl sites for hydroxylation is 1. The molecule has 5 nitrogen and oxygen atoms in total. The molecule has 0 aromatic heterocycles. The Balaban J connectivity index is 1.80. The van der Waals surface area contributed by atoms with Gasteiger partial charge in [-0.1, -0.05) is 37.6 Å². The standard InChI is InChI=1S/C28H34O5/c1-16-8-10-18-21(29)15-22(32-5)25(30)24(18)19(16)14-20-17(2)9-11-23-27(20,3)12-7-13-28(23,4)26(31)33-6/h8,10,15,20,23H,2,7,9,11-14H2,1,3-6H3/t20-,23?,27+,28-/m0/s1. The third-order valence-corrected chi connectivity index (χ3v) is 8.83. The molecule has 0 aliphatic heterocycles. The van der Waals surface area contributed by atoms with Crippen LogP contribution < -0.4 is 0 Å². The number of hydrogen-bond donors (Lipinski definition) is 0. The molecule has 176 valence electrons. The minimum absolute atomic E-state index is 0.0850. The lowest BCUT2D eigenvalue weighted by Gasteiger charge is -2.57. The lowest BCUT2D eigenvalue weighted by atomic mass is 9.46. The molecule has 1 aromatic rings. The van der Waals surface area contributed by atoms with Gasteiger partial charge < -0.3 is 9.47 Å². The second-order valence-electron chi connectivity index (χ2n) is 10.5. The monoisotopic (exact) mass is 450 g/mol. The molecule has 0 radical (unpaired) electrons. The lowest BCUT2D eigenvalue weighted by Crippen LogP contribution is -2.54. The summed E-state index contributed by atoms with van der Waals surface area (Å²) in [6.07, 6.45) is 6.44. The molecule has 5 heteroatoms. The summed E-state index contributed by atoms with van der Waals surface area (Å²) in [5, 5.41) is 0. The molecule has 0 amide bonds. The van der Waals surface area contributed by atoms with E-state index in [1.54, 1.807) is 6.07 Å². The number of esters is 1. The van der Waals surface area contributed by atoms with Crippen molar-refractivity contribution in [2.24, 2.45) is 22.7 Å². The highest BCUT2D eigenvalue weighted by molar-refractivity contribution is 6.24. The van der Waals surface area contributed by atoms with Gasteiger partial charge in [0.25, 0.3) is 0 Å². The fraction of sp³-hybridized carbons (Fsp3) is 0.536. The van der Waals surface area contributed by atoms with Crippen molar-refractivity contribution in [1.29, 1.82) is 0 Å². The summed E-state index contributed by atoms with van der Waals surface area (Å²) in [4.78, 5) is 38.9. The molecule has 0 spiro atoms. The largest absolute Gasteiger partial charge is 0.492 e. The van der Waals surface area contributed by atoms with E-state index in [0.717, 1.165) is 48.8 Å². The molecule has 4 atom stereocenters. The van der Waals surface area contributed by atoms with Crippen molar-refractivity contribution >= 4 is 17.5 Å². The van der Waals surface area contributed by atoms with E-state index in [-0.39, 0.29) is 40.5 Å². The van der Waals surface area contributed by atoms with Crippen LogP contribution in [0.2, 0.25) is 0 Å². The summed E-state index contributed by atoms with van der Waals surface area (Å²) >= 11 is 0. The Morgan fingerprint density at radius 1 is 1.18 bits per heavy atom. The van der Waals surface area contributed by atoms with Gasteiger partial charge >= 0.3 is 5.97 Å². The maximum absolute atomic E-state index is 13.3. The van der Waals surface area contributed by atoms with Gasteiger partial charge in [0.05, 0.1) is 19.6 Å². The molecule has 2 fully saturated rings. The van der Waals surface area contributed by atoms with Gasteiger partial charge in [0, 0.05) is 17.2 Å². The van der Waals surface area contributed by atoms with E-state index in [4.69, 9.17) is 9.47 Å². The van der Waals surface area contributed by atoms with Crippen LogP contribution in [0.4, 0.5) is 0 Å². The molecular weight excluding hydrogens is 416 g/mol. The summed E-state index contributed by atoms with van der Waals surface area (Å²) in [6, 6.07) is 3.67. The van der Waals surface area contributed by atoms with Crippen LogP contribution in [-0.4, -0.2) is 31.8 Å². The minimum atomic E-state index is -0.524. The second-order valence-corrected chi connectivity index (χ2v) is 10.5. The van der Waals surface area contributed by atoms with Crippen molar-refractivity contribution in [2.45, 2.75) is 59.3 Å². The topological polar surface area (TPSA) is 69.7 Å². The van der Waals surface area contributed by atoms with Gasteiger partial charge in [-0.15, -0.1) is 0 Å². The average molecular weight is 451 g/mol. The van der Waals surface area contributed by atoms with E-state index in [2.05, 4.69) is 20.4 Å². The summed E-state index contributed by atoms with van der Waals surface area (Å²) < 4.78 is 10.5. The molecular formula is C28H34O5. The van der Waals surface area contributed by atoms with E-state index in [0.29, 0.717) is 17.5 Å². The van der Waals surface area contributed by atoms with Crippen molar-refractivity contribution in [3.8, 4) is 0 Å². The molecule has 4 rings (SSSR count). The molecule has 1 aromatic carbocycles. The third kappa shape index (κ3) is 3.48. The molecule has 2 saturated carbocycles. The van der Waals surface area contributed by atoms with Gasteiger partial charge in [0.15, 0.2) is 11.5 Å². The first-order valence-corrected chi connectivity index (χ1v) is 11.8. The van der Waals surface area contributed by atoms with Gasteiger partial charge in [-0.25, -0.2) is 0 Å². The molecule has 0 bridgehead atoms. The molecule has 0 heterocycles. The molecule has 0 saturated heterocycles. The smallest absolute Gasteiger partial charge is 0.311 e. The first-order valence-electron chi connectivity index (χ1n) is 11.8. The molecule has 33 heavy (non-hydrogen) atoms.